The van der Waals surface area contributed by atoms with Crippen LogP contribution >= 0.6 is 0 Å². The van der Waals surface area contributed by atoms with Crippen LogP contribution in [0.3, 0.4) is 0 Å². The highest BCUT2D eigenvalue weighted by molar-refractivity contribution is 7.88. The van der Waals surface area contributed by atoms with Crippen molar-refractivity contribution in [2.75, 3.05) is 32.9 Å². The van der Waals surface area contributed by atoms with Crippen molar-refractivity contribution >= 4 is 21.9 Å². The fourth-order valence-electron chi connectivity index (χ4n) is 1.39. The molecule has 0 aromatic heterocycles. The predicted octanol–water partition coefficient (Wildman–Crippen LogP) is 1.48. The van der Waals surface area contributed by atoms with Gasteiger partial charge in [-0.2, -0.15) is 5.10 Å². The largest absolute Gasteiger partial charge is 0.309 e. The van der Waals surface area contributed by atoms with Gasteiger partial charge in [0.1, 0.15) is 0 Å². The van der Waals surface area contributed by atoms with Crippen LogP contribution in [0.2, 0.25) is 0 Å². The lowest BCUT2D eigenvalue weighted by Crippen LogP contribution is -2.20. The smallest absolute Gasteiger partial charge is 0.215 e. The molecule has 0 saturated carbocycles. The Morgan fingerprint density at radius 1 is 1.38 bits per heavy atom. The van der Waals surface area contributed by atoms with E-state index in [1.165, 1.54) is 13.3 Å². The first-order chi connectivity index (χ1) is 13.1. The first-order valence-corrected chi connectivity index (χ1v) is 7.82. The number of anilines is 1. The van der Waals surface area contributed by atoms with Gasteiger partial charge < -0.3 is 4.90 Å². The van der Waals surface area contributed by atoms with E-state index in [4.69, 9.17) is 11.0 Å². The number of sulfonamides is 1. The zero-order valence-corrected chi connectivity index (χ0v) is 12.4. The Labute approximate surface area is 138 Å². The third-order valence-corrected chi connectivity index (χ3v) is 3.79. The summed E-state index contributed by atoms with van der Waals surface area (Å²) in [5, 5.41) is 3.88. The molecule has 0 fully saturated rings. The Bertz CT molecular complexity index is 777. The van der Waals surface area contributed by atoms with E-state index in [9.17, 15) is 8.42 Å². The van der Waals surface area contributed by atoms with Crippen LogP contribution in [0.4, 0.5) is 5.69 Å². The molecule has 0 bridgehead atoms. The minimum Gasteiger partial charge on any atom is -0.309 e. The molecule has 0 heterocycles. The van der Waals surface area contributed by atoms with Crippen LogP contribution in [-0.2, 0) is 15.8 Å². The minimum absolute atomic E-state index is 0.0127. The third kappa shape index (κ3) is 7.79. The van der Waals surface area contributed by atoms with Crippen LogP contribution in [0, 0.1) is 0 Å². The summed E-state index contributed by atoms with van der Waals surface area (Å²) in [6.07, 6.45) is 0.894. The number of hydrogen-bond donors (Lipinski definition) is 2. The van der Waals surface area contributed by atoms with Gasteiger partial charge in [0.25, 0.3) is 0 Å². The van der Waals surface area contributed by atoms with E-state index in [0.29, 0.717) is 11.3 Å². The second-order valence-corrected chi connectivity index (χ2v) is 6.04. The molecule has 6 nitrogen and oxygen atoms in total. The SMILES string of the molecule is [2H]C([2H])([2H])N(C([2H])([2H])[2H])C([2H])([2H])CC/C=N/Nc1ccc(CS(=O)(=O)NC)cc1. The van der Waals surface area contributed by atoms with Crippen LogP contribution in [0.5, 0.6) is 0 Å². The van der Waals surface area contributed by atoms with E-state index in [2.05, 4.69) is 15.2 Å². The van der Waals surface area contributed by atoms with Gasteiger partial charge in [0.05, 0.1) is 11.4 Å². The van der Waals surface area contributed by atoms with E-state index >= 15 is 0 Å². The molecular formula is C14H24N4O2S. The molecule has 118 valence electrons. The summed E-state index contributed by atoms with van der Waals surface area (Å²) in [6, 6.07) is 6.44. The third-order valence-electron chi connectivity index (χ3n) is 2.45. The van der Waals surface area contributed by atoms with Crippen molar-refractivity contribution < 1.29 is 19.4 Å². The van der Waals surface area contributed by atoms with E-state index in [0.717, 1.165) is 0 Å². The molecule has 0 amide bonds. The van der Waals surface area contributed by atoms with Crippen LogP contribution < -0.4 is 10.1 Å². The number of benzene rings is 1. The Kier molecular flexibility index (Phi) is 3.70. The van der Waals surface area contributed by atoms with Gasteiger partial charge in [0.15, 0.2) is 0 Å². The molecule has 7 heteroatoms. The highest BCUT2D eigenvalue weighted by atomic mass is 32.2. The molecule has 21 heavy (non-hydrogen) atoms. The van der Waals surface area contributed by atoms with Crippen molar-refractivity contribution in [1.82, 2.24) is 9.62 Å². The summed E-state index contributed by atoms with van der Waals surface area (Å²) < 4.78 is 84.6. The maximum absolute atomic E-state index is 11.5. The van der Waals surface area contributed by atoms with Gasteiger partial charge in [0.2, 0.25) is 10.0 Å². The maximum Gasteiger partial charge on any atom is 0.215 e. The summed E-state index contributed by atoms with van der Waals surface area (Å²) in [7, 11) is -2.04. The molecule has 0 unspecified atom stereocenters. The molecule has 1 aromatic carbocycles. The lowest BCUT2D eigenvalue weighted by atomic mass is 10.2. The number of rotatable bonds is 9. The van der Waals surface area contributed by atoms with Gasteiger partial charge in [0, 0.05) is 17.2 Å². The van der Waals surface area contributed by atoms with Gasteiger partial charge in [-0.05, 0) is 58.0 Å². The van der Waals surface area contributed by atoms with E-state index < -0.39 is 36.9 Å². The summed E-state index contributed by atoms with van der Waals surface area (Å²) in [5.41, 5.74) is 3.81. The minimum atomic E-state index is -3.37. The fraction of sp³-hybridized carbons (Fsp3) is 0.500. The Balaban J connectivity index is 2.64. The summed E-state index contributed by atoms with van der Waals surface area (Å²) in [4.78, 5) is -0.0911. The topological polar surface area (TPSA) is 73.8 Å². The molecule has 0 atom stereocenters. The van der Waals surface area contributed by atoms with Gasteiger partial charge in [-0.1, -0.05) is 12.1 Å². The second kappa shape index (κ2) is 8.76. The predicted molar refractivity (Wildman–Crippen MR) is 88.0 cm³/mol. The van der Waals surface area contributed by atoms with Crippen molar-refractivity contribution in [3.63, 3.8) is 0 Å². The Morgan fingerprint density at radius 2 is 2.10 bits per heavy atom. The van der Waals surface area contributed by atoms with E-state index in [-0.39, 0.29) is 17.1 Å². The lowest BCUT2D eigenvalue weighted by Gasteiger charge is -2.06. The molecule has 2 N–H and O–H groups in total. The highest BCUT2D eigenvalue weighted by Gasteiger charge is 2.07. The molecule has 0 aliphatic heterocycles. The summed E-state index contributed by atoms with van der Waals surface area (Å²) >= 11 is 0. The highest BCUT2D eigenvalue weighted by Crippen LogP contribution is 2.11. The quantitative estimate of drug-likeness (QED) is 0.534. The first-order valence-electron chi connectivity index (χ1n) is 10.2. The number of nitrogens with one attached hydrogen (secondary N) is 2. The molecule has 1 aromatic rings. The van der Waals surface area contributed by atoms with Crippen molar-refractivity contribution in [3.8, 4) is 0 Å². The summed E-state index contributed by atoms with van der Waals surface area (Å²) in [6.45, 7) is -8.83. The molecule has 1 rings (SSSR count). The van der Waals surface area contributed by atoms with Gasteiger partial charge in [-0.25, -0.2) is 13.1 Å². The van der Waals surface area contributed by atoms with E-state index in [1.54, 1.807) is 24.3 Å². The van der Waals surface area contributed by atoms with Crippen LogP contribution in [0.15, 0.2) is 29.4 Å². The Morgan fingerprint density at radius 3 is 2.71 bits per heavy atom. The van der Waals surface area contributed by atoms with Gasteiger partial charge in [-0.15, -0.1) is 0 Å². The molecular weight excluding hydrogens is 288 g/mol. The molecule has 0 saturated heterocycles. The van der Waals surface area contributed by atoms with Crippen molar-refractivity contribution in [2.24, 2.45) is 5.10 Å². The molecule has 0 radical (unpaired) electrons. The van der Waals surface area contributed by atoms with E-state index in [1.807, 2.05) is 0 Å². The first kappa shape index (κ1) is 8.87. The molecule has 0 aliphatic carbocycles. The average Bonchev–Trinajstić information content (AvgIpc) is 2.52. The number of hydrazone groups is 1. The van der Waals surface area contributed by atoms with Gasteiger partial charge in [-0.3, -0.25) is 5.43 Å². The second-order valence-electron chi connectivity index (χ2n) is 4.12. The van der Waals surface area contributed by atoms with Crippen molar-refractivity contribution in [2.45, 2.75) is 18.6 Å². The van der Waals surface area contributed by atoms with Crippen LogP contribution in [-0.4, -0.2) is 47.0 Å². The summed E-state index contributed by atoms with van der Waals surface area (Å²) in [5.74, 6) is -0.161. The van der Waals surface area contributed by atoms with Crippen molar-refractivity contribution in [1.29, 1.82) is 0 Å². The average molecular weight is 320 g/mol. The monoisotopic (exact) mass is 320 g/mol. The number of nitrogens with zero attached hydrogens (tertiary/aromatic N) is 2. The van der Waals surface area contributed by atoms with Crippen LogP contribution in [0.25, 0.3) is 0 Å². The Hall–Kier alpha value is -1.44. The maximum atomic E-state index is 11.5. The lowest BCUT2D eigenvalue weighted by molar-refractivity contribution is 0.404. The van der Waals surface area contributed by atoms with Gasteiger partial charge >= 0.3 is 0 Å². The van der Waals surface area contributed by atoms with Crippen LogP contribution in [0.1, 0.15) is 29.4 Å². The zero-order valence-electron chi connectivity index (χ0n) is 19.6. The molecule has 0 spiro atoms. The zero-order chi connectivity index (χ0) is 22.5. The fourth-order valence-corrected chi connectivity index (χ4v) is 2.17. The molecule has 0 aliphatic rings. The normalized spacial score (nSPS) is 19.7. The standard InChI is InChI=1S/C14H24N4O2S/c1-15-21(19,20)12-13-6-8-14(9-7-13)17-16-10-4-5-11-18(2)3/h6-10,15,17H,4-5,11-12H2,1-3H3/b16-10+/i2D3,3D3,11D2. The van der Waals surface area contributed by atoms with Crippen molar-refractivity contribution in [3.05, 3.63) is 29.8 Å². The number of hydrogen-bond acceptors (Lipinski definition) is 5.